The van der Waals surface area contributed by atoms with Gasteiger partial charge in [0.2, 0.25) is 5.89 Å². The van der Waals surface area contributed by atoms with Crippen LogP contribution in [0.2, 0.25) is 0 Å². The van der Waals surface area contributed by atoms with E-state index in [1.54, 1.807) is 6.20 Å². The predicted molar refractivity (Wildman–Crippen MR) is 190 cm³/mol. The van der Waals surface area contributed by atoms with Gasteiger partial charge in [0.25, 0.3) is 0 Å². The first-order chi connectivity index (χ1) is 23.4. The molecule has 48 heavy (non-hydrogen) atoms. The van der Waals surface area contributed by atoms with Gasteiger partial charge in [-0.25, -0.2) is 9.97 Å². The van der Waals surface area contributed by atoms with Gasteiger partial charge in [0.15, 0.2) is 11.4 Å². The Morgan fingerprint density at radius 1 is 0.958 bits per heavy atom. The van der Waals surface area contributed by atoms with Gasteiger partial charge in [0.05, 0.1) is 12.2 Å². The number of anilines is 2. The molecular formula is C39H39N7O2. The van der Waals surface area contributed by atoms with Crippen LogP contribution in [0.4, 0.5) is 11.5 Å². The fourth-order valence-electron chi connectivity index (χ4n) is 6.58. The van der Waals surface area contributed by atoms with Crippen molar-refractivity contribution < 1.29 is 9.52 Å². The van der Waals surface area contributed by atoms with Gasteiger partial charge in [-0.1, -0.05) is 24.3 Å². The number of oxazole rings is 1. The van der Waals surface area contributed by atoms with E-state index in [0.29, 0.717) is 34.9 Å². The Hall–Kier alpha value is -5.14. The van der Waals surface area contributed by atoms with E-state index >= 15 is 0 Å². The molecule has 0 aliphatic carbocycles. The number of aromatic nitrogens is 3. The normalized spacial score (nSPS) is 14.1. The third-order valence-corrected chi connectivity index (χ3v) is 9.30. The van der Waals surface area contributed by atoms with Crippen LogP contribution < -0.4 is 10.6 Å². The second-order valence-electron chi connectivity index (χ2n) is 12.7. The standard InChI is InChI=1S/C39H39N7O2/c1-24(23-47)42-20-28-17-29-12-13-41-38(36(29)43-21-28)44-34-11-7-9-32(26(34)3)31-8-6-10-33(25(31)2)39-45-35-18-27(22-46-14-4-5-15-46)16-30(19-40)37(35)48-39/h6-13,16-18,21,24,42,47H,4-5,14-15,20,22-23H2,1-3H3,(H,41,44). The average Bonchev–Trinajstić information content (AvgIpc) is 3.78. The highest BCUT2D eigenvalue weighted by atomic mass is 16.3. The number of rotatable bonds is 10. The van der Waals surface area contributed by atoms with E-state index in [2.05, 4.69) is 70.8 Å². The maximum Gasteiger partial charge on any atom is 0.227 e. The van der Waals surface area contributed by atoms with Gasteiger partial charge < -0.3 is 20.2 Å². The monoisotopic (exact) mass is 637 g/mol. The van der Waals surface area contributed by atoms with Crippen LogP contribution in [0, 0.1) is 25.2 Å². The summed E-state index contributed by atoms with van der Waals surface area (Å²) in [6.45, 7) is 9.85. The molecule has 242 valence electrons. The van der Waals surface area contributed by atoms with E-state index in [4.69, 9.17) is 14.4 Å². The van der Waals surface area contributed by atoms with Crippen molar-refractivity contribution in [2.24, 2.45) is 0 Å². The van der Waals surface area contributed by atoms with E-state index in [1.165, 1.54) is 12.8 Å². The molecule has 1 aliphatic heterocycles. The predicted octanol–water partition coefficient (Wildman–Crippen LogP) is 7.40. The molecular weight excluding hydrogens is 598 g/mol. The maximum atomic E-state index is 9.95. The summed E-state index contributed by atoms with van der Waals surface area (Å²) in [5.74, 6) is 1.20. The number of fused-ring (bicyclic) bond motifs is 2. The van der Waals surface area contributed by atoms with Crippen LogP contribution in [0.5, 0.6) is 0 Å². The van der Waals surface area contributed by atoms with Crippen LogP contribution in [-0.2, 0) is 13.1 Å². The molecule has 1 aliphatic rings. The van der Waals surface area contributed by atoms with Crippen molar-refractivity contribution in [3.05, 3.63) is 101 Å². The Kier molecular flexibility index (Phi) is 8.87. The number of pyridine rings is 2. The Morgan fingerprint density at radius 2 is 1.73 bits per heavy atom. The van der Waals surface area contributed by atoms with Crippen LogP contribution in [0.1, 0.15) is 47.6 Å². The molecule has 0 saturated carbocycles. The number of hydrogen-bond donors (Lipinski definition) is 3. The maximum absolute atomic E-state index is 9.95. The highest BCUT2D eigenvalue weighted by molar-refractivity contribution is 5.91. The third-order valence-electron chi connectivity index (χ3n) is 9.30. The lowest BCUT2D eigenvalue weighted by atomic mass is 9.93. The molecule has 0 radical (unpaired) electrons. The quantitative estimate of drug-likeness (QED) is 0.141. The summed E-state index contributed by atoms with van der Waals surface area (Å²) in [6.07, 6.45) is 6.08. The van der Waals surface area contributed by atoms with Gasteiger partial charge in [-0.05, 0) is 116 Å². The Balaban J connectivity index is 1.19. The first-order valence-corrected chi connectivity index (χ1v) is 16.5. The van der Waals surface area contributed by atoms with Crippen molar-refractivity contribution >= 4 is 33.5 Å². The molecule has 3 N–H and O–H groups in total. The van der Waals surface area contributed by atoms with Crippen molar-refractivity contribution in [3.8, 4) is 28.7 Å². The summed E-state index contributed by atoms with van der Waals surface area (Å²) in [5, 5.41) is 27.1. The van der Waals surface area contributed by atoms with Crippen molar-refractivity contribution in [1.29, 1.82) is 5.26 Å². The van der Waals surface area contributed by atoms with Crippen LogP contribution in [0.25, 0.3) is 44.6 Å². The molecule has 0 bridgehead atoms. The zero-order valence-electron chi connectivity index (χ0n) is 27.5. The number of nitrogens with one attached hydrogen (secondary N) is 2. The topological polar surface area (TPSA) is 123 Å². The zero-order valence-corrected chi connectivity index (χ0v) is 27.5. The summed E-state index contributed by atoms with van der Waals surface area (Å²) in [6, 6.07) is 22.8. The molecule has 3 aromatic carbocycles. The molecule has 0 amide bonds. The SMILES string of the molecule is Cc1c(Nc2nccc3cc(CNC(C)CO)cnc23)cccc1-c1cccc(-c2nc3cc(CN4CCCC4)cc(C#N)c3o2)c1C. The Bertz CT molecular complexity index is 2160. The molecule has 4 heterocycles. The first-order valence-electron chi connectivity index (χ1n) is 16.5. The molecule has 9 heteroatoms. The lowest BCUT2D eigenvalue weighted by molar-refractivity contribution is 0.251. The second kappa shape index (κ2) is 13.5. The van der Waals surface area contributed by atoms with E-state index < -0.39 is 0 Å². The number of nitriles is 1. The minimum Gasteiger partial charge on any atom is -0.435 e. The summed E-state index contributed by atoms with van der Waals surface area (Å²) < 4.78 is 6.30. The van der Waals surface area contributed by atoms with Gasteiger partial charge in [0, 0.05) is 48.2 Å². The van der Waals surface area contributed by atoms with Crippen molar-refractivity contribution in [2.45, 2.75) is 52.7 Å². The third kappa shape index (κ3) is 6.26. The van der Waals surface area contributed by atoms with Gasteiger partial charge >= 0.3 is 0 Å². The highest BCUT2D eigenvalue weighted by Crippen LogP contribution is 2.37. The number of nitrogens with zero attached hydrogens (tertiary/aromatic N) is 5. The number of likely N-dealkylation sites (tertiary alicyclic amines) is 1. The summed E-state index contributed by atoms with van der Waals surface area (Å²) in [7, 11) is 0. The fourth-order valence-corrected chi connectivity index (χ4v) is 6.58. The minimum atomic E-state index is 0.0130. The summed E-state index contributed by atoms with van der Waals surface area (Å²) in [5.41, 5.74) is 10.8. The molecule has 3 aromatic heterocycles. The molecule has 6 aromatic rings. The second-order valence-corrected chi connectivity index (χ2v) is 12.7. The largest absolute Gasteiger partial charge is 0.435 e. The molecule has 7 rings (SSSR count). The molecule has 1 unspecified atom stereocenters. The number of aliphatic hydroxyl groups excluding tert-OH is 1. The van der Waals surface area contributed by atoms with Crippen LogP contribution >= 0.6 is 0 Å². The molecule has 1 fully saturated rings. The van der Waals surface area contributed by atoms with Gasteiger partial charge in [-0.15, -0.1) is 0 Å². The van der Waals surface area contributed by atoms with Crippen molar-refractivity contribution in [2.75, 3.05) is 25.0 Å². The van der Waals surface area contributed by atoms with Gasteiger partial charge in [0.1, 0.15) is 17.1 Å². The Labute approximate surface area is 280 Å². The van der Waals surface area contributed by atoms with Crippen LogP contribution in [0.3, 0.4) is 0 Å². The number of hydrogen-bond acceptors (Lipinski definition) is 9. The zero-order chi connectivity index (χ0) is 33.2. The van der Waals surface area contributed by atoms with E-state index in [-0.39, 0.29) is 12.6 Å². The smallest absolute Gasteiger partial charge is 0.227 e. The molecule has 1 atom stereocenters. The van der Waals surface area contributed by atoms with Crippen LogP contribution in [-0.4, -0.2) is 50.7 Å². The average molecular weight is 638 g/mol. The first kappa shape index (κ1) is 31.5. The lowest BCUT2D eigenvalue weighted by Crippen LogP contribution is -2.28. The molecule has 0 spiro atoms. The summed E-state index contributed by atoms with van der Waals surface area (Å²) in [4.78, 5) is 16.7. The lowest BCUT2D eigenvalue weighted by Gasteiger charge is -2.16. The van der Waals surface area contributed by atoms with E-state index in [9.17, 15) is 10.4 Å². The van der Waals surface area contributed by atoms with Gasteiger partial charge in [-0.2, -0.15) is 5.26 Å². The van der Waals surface area contributed by atoms with Crippen molar-refractivity contribution in [1.82, 2.24) is 25.2 Å². The van der Waals surface area contributed by atoms with E-state index in [0.717, 1.165) is 75.2 Å². The molecule has 1 saturated heterocycles. The fraction of sp³-hybridized carbons (Fsp3) is 0.282. The Morgan fingerprint density at radius 3 is 2.52 bits per heavy atom. The van der Waals surface area contributed by atoms with Crippen molar-refractivity contribution in [3.63, 3.8) is 0 Å². The van der Waals surface area contributed by atoms with E-state index in [1.807, 2.05) is 43.5 Å². The van der Waals surface area contributed by atoms with Crippen LogP contribution in [0.15, 0.2) is 77.5 Å². The van der Waals surface area contributed by atoms with Gasteiger partial charge in [-0.3, -0.25) is 9.88 Å². The number of benzene rings is 3. The summed E-state index contributed by atoms with van der Waals surface area (Å²) >= 11 is 0. The molecule has 9 nitrogen and oxygen atoms in total. The minimum absolute atomic E-state index is 0.0130. The highest BCUT2D eigenvalue weighted by Gasteiger charge is 2.20. The number of aliphatic hydroxyl groups is 1.